The molecule has 0 radical (unpaired) electrons. The number of aliphatic carboxylic acids is 1. The molecule has 0 aromatic heterocycles. The van der Waals surface area contributed by atoms with Crippen molar-refractivity contribution in [1.82, 2.24) is 10.0 Å². The lowest BCUT2D eigenvalue weighted by molar-refractivity contribution is -0.137. The monoisotopic (exact) mass is 340 g/mol. The van der Waals surface area contributed by atoms with E-state index in [-0.39, 0.29) is 29.0 Å². The number of hydrogen-bond acceptors (Lipinski definition) is 5. The summed E-state index contributed by atoms with van der Waals surface area (Å²) in [5.74, 6) is -2.03. The van der Waals surface area contributed by atoms with Gasteiger partial charge in [0.15, 0.2) is 0 Å². The highest BCUT2D eigenvalue weighted by molar-refractivity contribution is 7.89. The van der Waals surface area contributed by atoms with Crippen LogP contribution in [0, 0.1) is 0 Å². The Balaban J connectivity index is 1.95. The molecule has 0 atom stereocenters. The zero-order valence-corrected chi connectivity index (χ0v) is 13.0. The maximum Gasteiger partial charge on any atom is 0.303 e. The standard InChI is InChI=1S/C14H16N2O6S/c17-12(18)4-2-1-3-7-15-23(21,22)9-5-6-10-11(8-9)14(20)16-13(10)19/h5-6,8,15H,1-4,7H2,(H,17,18)(H,16,19,20). The fraction of sp³-hybridized carbons (Fsp3) is 0.357. The molecule has 0 fully saturated rings. The van der Waals surface area contributed by atoms with Crippen LogP contribution in [0.4, 0.5) is 0 Å². The van der Waals surface area contributed by atoms with Gasteiger partial charge in [0.25, 0.3) is 11.8 Å². The Kier molecular flexibility index (Phi) is 5.12. The summed E-state index contributed by atoms with van der Waals surface area (Å²) in [6.45, 7) is 0.171. The Morgan fingerprint density at radius 3 is 2.48 bits per heavy atom. The molecule has 23 heavy (non-hydrogen) atoms. The molecule has 1 aromatic carbocycles. The number of benzene rings is 1. The molecule has 0 spiro atoms. The van der Waals surface area contributed by atoms with E-state index in [1.807, 2.05) is 0 Å². The quantitative estimate of drug-likeness (QED) is 0.466. The summed E-state index contributed by atoms with van der Waals surface area (Å²) in [5.41, 5.74) is 0.196. The van der Waals surface area contributed by atoms with E-state index in [9.17, 15) is 22.8 Å². The van der Waals surface area contributed by atoms with Gasteiger partial charge in [0.05, 0.1) is 16.0 Å². The fourth-order valence-electron chi connectivity index (χ4n) is 2.18. The molecule has 0 bridgehead atoms. The SMILES string of the molecule is O=C(O)CCCCCNS(=O)(=O)c1ccc2c(c1)C(=O)NC2=O. The number of rotatable bonds is 8. The van der Waals surface area contributed by atoms with Crippen LogP contribution in [-0.4, -0.2) is 37.9 Å². The maximum absolute atomic E-state index is 12.1. The van der Waals surface area contributed by atoms with Crippen molar-refractivity contribution in [2.75, 3.05) is 6.54 Å². The van der Waals surface area contributed by atoms with E-state index in [0.717, 1.165) is 0 Å². The van der Waals surface area contributed by atoms with E-state index >= 15 is 0 Å². The van der Waals surface area contributed by atoms with Crippen molar-refractivity contribution < 1.29 is 27.9 Å². The number of fused-ring (bicyclic) bond motifs is 1. The summed E-state index contributed by atoms with van der Waals surface area (Å²) in [7, 11) is -3.78. The molecule has 1 aromatic rings. The third-order valence-corrected chi connectivity index (χ3v) is 4.84. The minimum Gasteiger partial charge on any atom is -0.481 e. The second-order valence-corrected chi connectivity index (χ2v) is 6.86. The first-order chi connectivity index (χ1) is 10.8. The number of sulfonamides is 1. The van der Waals surface area contributed by atoms with Gasteiger partial charge in [0.2, 0.25) is 10.0 Å². The first kappa shape index (κ1) is 17.1. The smallest absolute Gasteiger partial charge is 0.303 e. The minimum absolute atomic E-state index is 0.0410. The number of carboxylic acid groups (broad SMARTS) is 1. The molecule has 0 aliphatic carbocycles. The van der Waals surface area contributed by atoms with Gasteiger partial charge in [-0.1, -0.05) is 6.42 Å². The highest BCUT2D eigenvalue weighted by Crippen LogP contribution is 2.20. The molecule has 3 N–H and O–H groups in total. The van der Waals surface area contributed by atoms with Gasteiger partial charge >= 0.3 is 5.97 Å². The first-order valence-corrected chi connectivity index (χ1v) is 8.51. The number of carboxylic acids is 1. The molecule has 124 valence electrons. The second-order valence-electron chi connectivity index (χ2n) is 5.09. The fourth-order valence-corrected chi connectivity index (χ4v) is 3.28. The lowest BCUT2D eigenvalue weighted by atomic mass is 10.1. The number of carbonyl (C=O) groups excluding carboxylic acids is 2. The van der Waals surface area contributed by atoms with Crippen LogP contribution in [0.2, 0.25) is 0 Å². The van der Waals surface area contributed by atoms with Crippen LogP contribution in [0.25, 0.3) is 0 Å². The lowest BCUT2D eigenvalue weighted by Crippen LogP contribution is -2.25. The second kappa shape index (κ2) is 6.88. The van der Waals surface area contributed by atoms with Crippen LogP contribution in [0.3, 0.4) is 0 Å². The molecular weight excluding hydrogens is 324 g/mol. The summed E-state index contributed by atoms with van der Waals surface area (Å²) in [6, 6.07) is 3.74. The number of nitrogens with one attached hydrogen (secondary N) is 2. The van der Waals surface area contributed by atoms with Gasteiger partial charge in [-0.05, 0) is 31.0 Å². The Bertz CT molecular complexity index is 757. The molecule has 8 nitrogen and oxygen atoms in total. The van der Waals surface area contributed by atoms with Crippen molar-refractivity contribution in [1.29, 1.82) is 0 Å². The van der Waals surface area contributed by atoms with Gasteiger partial charge in [-0.3, -0.25) is 19.7 Å². The molecule has 9 heteroatoms. The summed E-state index contributed by atoms with van der Waals surface area (Å²) in [6.07, 6.45) is 1.64. The zero-order chi connectivity index (χ0) is 17.0. The van der Waals surface area contributed by atoms with E-state index in [0.29, 0.717) is 19.3 Å². The van der Waals surface area contributed by atoms with E-state index in [1.54, 1.807) is 0 Å². The highest BCUT2D eigenvalue weighted by atomic mass is 32.2. The summed E-state index contributed by atoms with van der Waals surface area (Å²) in [4.78, 5) is 33.2. The molecule has 2 amide bonds. The van der Waals surface area contributed by atoms with Crippen molar-refractivity contribution in [2.24, 2.45) is 0 Å². The van der Waals surface area contributed by atoms with Crippen molar-refractivity contribution in [3.63, 3.8) is 0 Å². The highest BCUT2D eigenvalue weighted by Gasteiger charge is 2.28. The Labute approximate surface area is 132 Å². The van der Waals surface area contributed by atoms with Crippen molar-refractivity contribution in [2.45, 2.75) is 30.6 Å². The van der Waals surface area contributed by atoms with Crippen LogP contribution in [0.15, 0.2) is 23.1 Å². The Morgan fingerprint density at radius 2 is 1.78 bits per heavy atom. The molecule has 2 rings (SSSR count). The van der Waals surface area contributed by atoms with Gasteiger partial charge in [-0.25, -0.2) is 13.1 Å². The van der Waals surface area contributed by atoms with Crippen LogP contribution < -0.4 is 10.0 Å². The van der Waals surface area contributed by atoms with E-state index in [4.69, 9.17) is 5.11 Å². The zero-order valence-electron chi connectivity index (χ0n) is 12.2. The molecular formula is C14H16N2O6S. The lowest BCUT2D eigenvalue weighted by Gasteiger charge is -2.07. The largest absolute Gasteiger partial charge is 0.481 e. The van der Waals surface area contributed by atoms with Crippen LogP contribution in [0.5, 0.6) is 0 Å². The van der Waals surface area contributed by atoms with Gasteiger partial charge < -0.3 is 5.11 Å². The molecule has 0 saturated heterocycles. The number of amides is 2. The summed E-state index contributed by atoms with van der Waals surface area (Å²) >= 11 is 0. The van der Waals surface area contributed by atoms with Crippen molar-refractivity contribution >= 4 is 27.8 Å². The van der Waals surface area contributed by atoms with Crippen LogP contribution >= 0.6 is 0 Å². The topological polar surface area (TPSA) is 130 Å². The number of imide groups is 1. The molecule has 0 unspecified atom stereocenters. The van der Waals surface area contributed by atoms with E-state index in [1.165, 1.54) is 18.2 Å². The normalized spacial score (nSPS) is 13.7. The molecule has 1 aliphatic rings. The average molecular weight is 340 g/mol. The predicted molar refractivity (Wildman–Crippen MR) is 79.5 cm³/mol. The van der Waals surface area contributed by atoms with E-state index < -0.39 is 27.8 Å². The molecule has 1 heterocycles. The van der Waals surface area contributed by atoms with Crippen LogP contribution in [-0.2, 0) is 14.8 Å². The average Bonchev–Trinajstić information content (AvgIpc) is 2.77. The van der Waals surface area contributed by atoms with Crippen molar-refractivity contribution in [3.05, 3.63) is 29.3 Å². The maximum atomic E-state index is 12.1. The third kappa shape index (κ3) is 4.14. The number of hydrogen-bond donors (Lipinski definition) is 3. The number of unbranched alkanes of at least 4 members (excludes halogenated alkanes) is 2. The Morgan fingerprint density at radius 1 is 1.09 bits per heavy atom. The van der Waals surface area contributed by atoms with E-state index in [2.05, 4.69) is 10.0 Å². The summed E-state index contributed by atoms with van der Waals surface area (Å²) in [5, 5.41) is 10.6. The number of carbonyl (C=O) groups is 3. The predicted octanol–water partition coefficient (Wildman–Crippen LogP) is 0.494. The van der Waals surface area contributed by atoms with Crippen molar-refractivity contribution in [3.8, 4) is 0 Å². The van der Waals surface area contributed by atoms with Gasteiger partial charge in [0.1, 0.15) is 0 Å². The molecule has 0 saturated carbocycles. The van der Waals surface area contributed by atoms with Crippen LogP contribution in [0.1, 0.15) is 46.4 Å². The summed E-state index contributed by atoms with van der Waals surface area (Å²) < 4.78 is 26.7. The third-order valence-electron chi connectivity index (χ3n) is 3.38. The first-order valence-electron chi connectivity index (χ1n) is 7.02. The van der Waals surface area contributed by atoms with Gasteiger partial charge in [-0.15, -0.1) is 0 Å². The van der Waals surface area contributed by atoms with Gasteiger partial charge in [0, 0.05) is 13.0 Å². The minimum atomic E-state index is -3.78. The molecule has 1 aliphatic heterocycles. The Hall–Kier alpha value is -2.26. The van der Waals surface area contributed by atoms with Gasteiger partial charge in [-0.2, -0.15) is 0 Å².